The molecule has 0 aliphatic carbocycles. The van der Waals surface area contributed by atoms with Crippen LogP contribution in [0.15, 0.2) is 36.5 Å². The number of methoxy groups -OCH3 is 1. The molecule has 1 heterocycles. The Labute approximate surface area is 128 Å². The summed E-state index contributed by atoms with van der Waals surface area (Å²) in [5.41, 5.74) is 1.26. The van der Waals surface area contributed by atoms with E-state index in [0.29, 0.717) is 5.75 Å². The van der Waals surface area contributed by atoms with E-state index in [1.165, 1.54) is 18.9 Å². The Kier molecular flexibility index (Phi) is 5.47. The smallest absolute Gasteiger partial charge is 0.339 e. The topological polar surface area (TPSA) is 48.4 Å². The summed E-state index contributed by atoms with van der Waals surface area (Å²) < 4.78 is 23.8. The molecule has 0 spiro atoms. The van der Waals surface area contributed by atoms with Gasteiger partial charge in [0.25, 0.3) is 5.88 Å². The maximum Gasteiger partial charge on any atom is 0.339 e. The van der Waals surface area contributed by atoms with Crippen LogP contribution >= 0.6 is 0 Å². The van der Waals surface area contributed by atoms with Gasteiger partial charge in [0.05, 0.1) is 12.7 Å². The van der Waals surface area contributed by atoms with Crippen LogP contribution in [0.5, 0.6) is 11.6 Å². The lowest BCUT2D eigenvalue weighted by molar-refractivity contribution is 0.0599. The summed E-state index contributed by atoms with van der Waals surface area (Å²) in [4.78, 5) is 15.1. The van der Waals surface area contributed by atoms with Gasteiger partial charge in [-0.05, 0) is 36.6 Å². The number of hydrogen-bond donors (Lipinski definition) is 0. The minimum Gasteiger partial charge on any atom is -0.465 e. The van der Waals surface area contributed by atoms with E-state index in [2.05, 4.69) is 16.6 Å². The standard InChI is InChI=1S/C17H18FNO3/c1-3-4-5-12-6-8-14(9-7-12)22-16-15(18)10-13(11-19-16)17(20)21-2/h6-11H,3-5H2,1-2H3. The Morgan fingerprint density at radius 2 is 2.00 bits per heavy atom. The van der Waals surface area contributed by atoms with Crippen molar-refractivity contribution < 1.29 is 18.7 Å². The van der Waals surface area contributed by atoms with Gasteiger partial charge in [-0.3, -0.25) is 0 Å². The minimum atomic E-state index is -0.710. The predicted molar refractivity (Wildman–Crippen MR) is 80.7 cm³/mol. The number of pyridine rings is 1. The number of nitrogens with zero attached hydrogens (tertiary/aromatic N) is 1. The van der Waals surface area contributed by atoms with Crippen molar-refractivity contribution in [2.24, 2.45) is 0 Å². The second-order valence-corrected chi connectivity index (χ2v) is 4.85. The van der Waals surface area contributed by atoms with Crippen molar-refractivity contribution in [3.05, 3.63) is 53.5 Å². The molecule has 0 saturated heterocycles. The van der Waals surface area contributed by atoms with Gasteiger partial charge in [-0.15, -0.1) is 0 Å². The molecule has 0 aliphatic heterocycles. The normalized spacial score (nSPS) is 10.3. The van der Waals surface area contributed by atoms with Crippen molar-refractivity contribution >= 4 is 5.97 Å². The molecule has 0 atom stereocenters. The van der Waals surface area contributed by atoms with Crippen LogP contribution in [0.25, 0.3) is 0 Å². The van der Waals surface area contributed by atoms with E-state index < -0.39 is 11.8 Å². The highest BCUT2D eigenvalue weighted by atomic mass is 19.1. The van der Waals surface area contributed by atoms with Gasteiger partial charge in [-0.25, -0.2) is 14.2 Å². The summed E-state index contributed by atoms with van der Waals surface area (Å²) in [5, 5.41) is 0. The maximum atomic E-state index is 13.9. The number of aromatic nitrogens is 1. The summed E-state index contributed by atoms with van der Waals surface area (Å²) in [6.45, 7) is 2.14. The van der Waals surface area contributed by atoms with Gasteiger partial charge in [-0.1, -0.05) is 25.5 Å². The zero-order valence-corrected chi connectivity index (χ0v) is 12.6. The first-order valence-corrected chi connectivity index (χ1v) is 7.14. The Morgan fingerprint density at radius 3 is 2.59 bits per heavy atom. The monoisotopic (exact) mass is 303 g/mol. The molecule has 0 unspecified atom stereocenters. The van der Waals surface area contributed by atoms with Crippen LogP contribution in [0.3, 0.4) is 0 Å². The van der Waals surface area contributed by atoms with E-state index >= 15 is 0 Å². The van der Waals surface area contributed by atoms with E-state index in [1.807, 2.05) is 12.1 Å². The largest absolute Gasteiger partial charge is 0.465 e. The number of halogens is 1. The number of ether oxygens (including phenoxy) is 2. The molecule has 22 heavy (non-hydrogen) atoms. The molecule has 0 amide bonds. The maximum absolute atomic E-state index is 13.9. The van der Waals surface area contributed by atoms with E-state index in [9.17, 15) is 9.18 Å². The lowest BCUT2D eigenvalue weighted by Crippen LogP contribution is -2.03. The molecule has 2 aromatic rings. The van der Waals surface area contributed by atoms with Gasteiger partial charge in [0.15, 0.2) is 5.82 Å². The van der Waals surface area contributed by atoms with Gasteiger partial charge in [0.2, 0.25) is 0 Å². The molecule has 0 aliphatic rings. The van der Waals surface area contributed by atoms with Gasteiger partial charge in [0.1, 0.15) is 5.75 Å². The van der Waals surface area contributed by atoms with Crippen molar-refractivity contribution in [1.82, 2.24) is 4.98 Å². The van der Waals surface area contributed by atoms with E-state index in [4.69, 9.17) is 4.74 Å². The number of hydrogen-bond acceptors (Lipinski definition) is 4. The highest BCUT2D eigenvalue weighted by molar-refractivity contribution is 5.88. The average molecular weight is 303 g/mol. The van der Waals surface area contributed by atoms with Crippen LogP contribution < -0.4 is 4.74 Å². The highest BCUT2D eigenvalue weighted by Crippen LogP contribution is 2.23. The predicted octanol–water partition coefficient (Wildman–Crippen LogP) is 4.14. The van der Waals surface area contributed by atoms with E-state index in [-0.39, 0.29) is 11.4 Å². The molecule has 2 rings (SSSR count). The molecule has 0 fully saturated rings. The Morgan fingerprint density at radius 1 is 1.27 bits per heavy atom. The van der Waals surface area contributed by atoms with Gasteiger partial charge < -0.3 is 9.47 Å². The van der Waals surface area contributed by atoms with Crippen LogP contribution in [0, 0.1) is 5.82 Å². The summed E-state index contributed by atoms with van der Waals surface area (Å²) in [6, 6.07) is 8.50. The molecule has 4 nitrogen and oxygen atoms in total. The number of esters is 1. The van der Waals surface area contributed by atoms with Crippen LogP contribution in [-0.4, -0.2) is 18.1 Å². The van der Waals surface area contributed by atoms with Gasteiger partial charge in [0, 0.05) is 6.20 Å². The van der Waals surface area contributed by atoms with Gasteiger partial charge >= 0.3 is 5.97 Å². The number of carbonyl (C=O) groups is 1. The zero-order chi connectivity index (χ0) is 15.9. The number of rotatable bonds is 6. The first-order valence-electron chi connectivity index (χ1n) is 7.14. The van der Waals surface area contributed by atoms with Crippen LogP contribution in [-0.2, 0) is 11.2 Å². The SMILES string of the molecule is CCCCc1ccc(Oc2ncc(C(=O)OC)cc2F)cc1. The highest BCUT2D eigenvalue weighted by Gasteiger charge is 2.12. The van der Waals surface area contributed by atoms with Crippen molar-refractivity contribution in [3.63, 3.8) is 0 Å². The molecule has 116 valence electrons. The number of carbonyl (C=O) groups excluding carboxylic acids is 1. The zero-order valence-electron chi connectivity index (χ0n) is 12.6. The Bertz CT molecular complexity index is 641. The number of unbranched alkanes of at least 4 members (excludes halogenated alkanes) is 1. The molecular weight excluding hydrogens is 285 g/mol. The number of aryl methyl sites for hydroxylation is 1. The first-order chi connectivity index (χ1) is 10.6. The lowest BCUT2D eigenvalue weighted by Gasteiger charge is -2.07. The summed E-state index contributed by atoms with van der Waals surface area (Å²) in [5.74, 6) is -1.03. The van der Waals surface area contributed by atoms with Crippen molar-refractivity contribution in [3.8, 4) is 11.6 Å². The van der Waals surface area contributed by atoms with Crippen molar-refractivity contribution in [2.75, 3.05) is 7.11 Å². The molecular formula is C17H18FNO3. The fraction of sp³-hybridized carbons (Fsp3) is 0.294. The Hall–Kier alpha value is -2.43. The summed E-state index contributed by atoms with van der Waals surface area (Å²) in [6.07, 6.45) is 4.50. The molecule has 0 bridgehead atoms. The molecule has 0 saturated carbocycles. The molecule has 1 aromatic heterocycles. The average Bonchev–Trinajstić information content (AvgIpc) is 2.55. The fourth-order valence-corrected chi connectivity index (χ4v) is 1.95. The summed E-state index contributed by atoms with van der Waals surface area (Å²) >= 11 is 0. The third kappa shape index (κ3) is 4.04. The Balaban J connectivity index is 2.08. The quantitative estimate of drug-likeness (QED) is 0.752. The fourth-order valence-electron chi connectivity index (χ4n) is 1.95. The van der Waals surface area contributed by atoms with Gasteiger partial charge in [-0.2, -0.15) is 0 Å². The minimum absolute atomic E-state index is 0.0438. The van der Waals surface area contributed by atoms with Crippen LogP contribution in [0.4, 0.5) is 4.39 Å². The summed E-state index contributed by atoms with van der Waals surface area (Å²) in [7, 11) is 1.23. The molecule has 0 radical (unpaired) electrons. The first kappa shape index (κ1) is 15.9. The second-order valence-electron chi connectivity index (χ2n) is 4.85. The van der Waals surface area contributed by atoms with Crippen LogP contribution in [0.2, 0.25) is 0 Å². The molecule has 1 aromatic carbocycles. The van der Waals surface area contributed by atoms with E-state index in [0.717, 1.165) is 25.3 Å². The number of benzene rings is 1. The molecule has 5 heteroatoms. The third-order valence-corrected chi connectivity index (χ3v) is 3.19. The van der Waals surface area contributed by atoms with Crippen molar-refractivity contribution in [2.45, 2.75) is 26.2 Å². The van der Waals surface area contributed by atoms with Crippen LogP contribution in [0.1, 0.15) is 35.7 Å². The molecule has 0 N–H and O–H groups in total. The van der Waals surface area contributed by atoms with Crippen molar-refractivity contribution in [1.29, 1.82) is 0 Å². The third-order valence-electron chi connectivity index (χ3n) is 3.19. The second kappa shape index (κ2) is 7.54. The lowest BCUT2D eigenvalue weighted by atomic mass is 10.1. The van der Waals surface area contributed by atoms with E-state index in [1.54, 1.807) is 12.1 Å².